The zero-order valence-electron chi connectivity index (χ0n) is 16.1. The van der Waals surface area contributed by atoms with Crippen molar-refractivity contribution in [1.82, 2.24) is 24.5 Å². The van der Waals surface area contributed by atoms with Gasteiger partial charge in [-0.15, -0.1) is 0 Å². The number of para-hydroxylation sites is 1. The highest BCUT2D eigenvalue weighted by molar-refractivity contribution is 5.85. The molecule has 1 aromatic carbocycles. The van der Waals surface area contributed by atoms with E-state index in [4.69, 9.17) is 4.52 Å². The number of likely N-dealkylation sites (N-methyl/N-ethyl adjacent to an activating group) is 1. The van der Waals surface area contributed by atoms with Crippen LogP contribution in [0.1, 0.15) is 29.7 Å². The third-order valence-corrected chi connectivity index (χ3v) is 5.42. The average Bonchev–Trinajstić information content (AvgIpc) is 3.24. The summed E-state index contributed by atoms with van der Waals surface area (Å²) in [6.45, 7) is 3.93. The summed E-state index contributed by atoms with van der Waals surface area (Å²) in [5, 5.41) is 5.11. The number of aromatic nitrogens is 3. The monoisotopic (exact) mass is 367 g/mol. The maximum Gasteiger partial charge on any atom is 0.245 e. The Morgan fingerprint density at radius 3 is 2.85 bits per heavy atom. The van der Waals surface area contributed by atoms with Gasteiger partial charge in [-0.25, -0.2) is 0 Å². The second kappa shape index (κ2) is 7.15. The van der Waals surface area contributed by atoms with Crippen LogP contribution in [0.3, 0.4) is 0 Å². The van der Waals surface area contributed by atoms with Gasteiger partial charge in [-0.1, -0.05) is 23.4 Å². The quantitative estimate of drug-likeness (QED) is 0.708. The Hall–Kier alpha value is -2.67. The van der Waals surface area contributed by atoms with Gasteiger partial charge in [-0.2, -0.15) is 4.98 Å². The van der Waals surface area contributed by atoms with Crippen molar-refractivity contribution in [1.29, 1.82) is 0 Å². The van der Waals surface area contributed by atoms with Crippen molar-refractivity contribution < 1.29 is 9.32 Å². The van der Waals surface area contributed by atoms with Crippen molar-refractivity contribution in [3.8, 4) is 0 Å². The number of piperazine rings is 1. The molecule has 1 amide bonds. The van der Waals surface area contributed by atoms with E-state index in [1.165, 1.54) is 16.5 Å². The van der Waals surface area contributed by atoms with Gasteiger partial charge < -0.3 is 14.0 Å². The predicted molar refractivity (Wildman–Crippen MR) is 102 cm³/mol. The zero-order chi connectivity index (χ0) is 19.0. The van der Waals surface area contributed by atoms with E-state index in [2.05, 4.69) is 37.9 Å². The minimum atomic E-state index is -0.0403. The molecule has 1 atom stereocenters. The van der Waals surface area contributed by atoms with Gasteiger partial charge in [0.15, 0.2) is 5.82 Å². The molecule has 0 spiro atoms. The Morgan fingerprint density at radius 2 is 2.07 bits per heavy atom. The molecule has 7 heteroatoms. The van der Waals surface area contributed by atoms with E-state index in [0.717, 1.165) is 19.5 Å². The predicted octanol–water partition coefficient (Wildman–Crippen LogP) is 2.32. The molecule has 1 unspecified atom stereocenters. The van der Waals surface area contributed by atoms with Crippen LogP contribution in [0.4, 0.5) is 0 Å². The van der Waals surface area contributed by atoms with Gasteiger partial charge in [-0.05, 0) is 32.0 Å². The van der Waals surface area contributed by atoms with Crippen LogP contribution in [0.25, 0.3) is 10.9 Å². The third kappa shape index (κ3) is 3.47. The highest BCUT2D eigenvalue weighted by Crippen LogP contribution is 2.25. The number of benzene rings is 1. The van der Waals surface area contributed by atoms with Gasteiger partial charge in [-0.3, -0.25) is 9.69 Å². The van der Waals surface area contributed by atoms with Crippen LogP contribution < -0.4 is 0 Å². The van der Waals surface area contributed by atoms with Crippen LogP contribution >= 0.6 is 0 Å². The van der Waals surface area contributed by atoms with Crippen molar-refractivity contribution in [3.63, 3.8) is 0 Å². The SMILES string of the molecule is Cc1noc(C2CN(C(=O)CCc3cn(C)c4ccccc34)CCN2C)n1. The van der Waals surface area contributed by atoms with Gasteiger partial charge >= 0.3 is 0 Å². The minimum Gasteiger partial charge on any atom is -0.350 e. The summed E-state index contributed by atoms with van der Waals surface area (Å²) in [5.41, 5.74) is 2.42. The average molecular weight is 367 g/mol. The molecule has 1 aliphatic rings. The van der Waals surface area contributed by atoms with Crippen LogP contribution in [0.2, 0.25) is 0 Å². The normalized spacial score (nSPS) is 18.3. The maximum absolute atomic E-state index is 12.8. The second-order valence-electron chi connectivity index (χ2n) is 7.30. The highest BCUT2D eigenvalue weighted by Gasteiger charge is 2.31. The first-order valence-corrected chi connectivity index (χ1v) is 9.34. The summed E-state index contributed by atoms with van der Waals surface area (Å²) < 4.78 is 7.46. The summed E-state index contributed by atoms with van der Waals surface area (Å²) in [4.78, 5) is 21.3. The number of hydrogen-bond acceptors (Lipinski definition) is 5. The van der Waals surface area contributed by atoms with Crippen LogP contribution in [0.5, 0.6) is 0 Å². The summed E-state index contributed by atoms with van der Waals surface area (Å²) in [6, 6.07) is 8.28. The molecular formula is C20H25N5O2. The Kier molecular flexibility index (Phi) is 4.70. The number of amides is 1. The van der Waals surface area contributed by atoms with E-state index >= 15 is 0 Å². The first-order valence-electron chi connectivity index (χ1n) is 9.34. The van der Waals surface area contributed by atoms with Crippen molar-refractivity contribution in [3.05, 3.63) is 47.7 Å². The molecule has 2 aromatic heterocycles. The van der Waals surface area contributed by atoms with Crippen LogP contribution in [-0.4, -0.2) is 57.1 Å². The molecule has 27 heavy (non-hydrogen) atoms. The number of aryl methyl sites for hydroxylation is 3. The Morgan fingerprint density at radius 1 is 1.26 bits per heavy atom. The fourth-order valence-corrected chi connectivity index (χ4v) is 3.84. The van der Waals surface area contributed by atoms with E-state index in [9.17, 15) is 4.79 Å². The van der Waals surface area contributed by atoms with E-state index in [1.807, 2.05) is 38.1 Å². The molecule has 1 saturated heterocycles. The van der Waals surface area contributed by atoms with Crippen molar-refractivity contribution >= 4 is 16.8 Å². The van der Waals surface area contributed by atoms with Gasteiger partial charge in [0.2, 0.25) is 11.8 Å². The maximum atomic E-state index is 12.8. The van der Waals surface area contributed by atoms with E-state index in [1.54, 1.807) is 0 Å². The second-order valence-corrected chi connectivity index (χ2v) is 7.30. The lowest BCUT2D eigenvalue weighted by atomic mass is 10.1. The molecule has 0 radical (unpaired) electrons. The molecule has 1 aliphatic heterocycles. The summed E-state index contributed by atoms with van der Waals surface area (Å²) in [6.07, 6.45) is 3.39. The van der Waals surface area contributed by atoms with Gasteiger partial charge in [0.1, 0.15) is 6.04 Å². The summed E-state index contributed by atoms with van der Waals surface area (Å²) >= 11 is 0. The van der Waals surface area contributed by atoms with Crippen molar-refractivity contribution in [2.75, 3.05) is 26.7 Å². The van der Waals surface area contributed by atoms with Crippen molar-refractivity contribution in [2.24, 2.45) is 7.05 Å². The van der Waals surface area contributed by atoms with E-state index in [0.29, 0.717) is 24.7 Å². The van der Waals surface area contributed by atoms with E-state index in [-0.39, 0.29) is 11.9 Å². The lowest BCUT2D eigenvalue weighted by molar-refractivity contribution is -0.134. The Bertz CT molecular complexity index is 960. The third-order valence-electron chi connectivity index (χ3n) is 5.42. The van der Waals surface area contributed by atoms with Crippen LogP contribution in [0.15, 0.2) is 35.0 Å². The fraction of sp³-hybridized carbons (Fsp3) is 0.450. The first kappa shape index (κ1) is 17.7. The van der Waals surface area contributed by atoms with Gasteiger partial charge in [0, 0.05) is 50.2 Å². The molecule has 7 nitrogen and oxygen atoms in total. The largest absolute Gasteiger partial charge is 0.350 e. The number of carbonyl (C=O) groups is 1. The number of rotatable bonds is 4. The highest BCUT2D eigenvalue weighted by atomic mass is 16.5. The molecule has 0 saturated carbocycles. The first-order chi connectivity index (χ1) is 13.0. The summed E-state index contributed by atoms with van der Waals surface area (Å²) in [5.74, 6) is 1.39. The molecule has 3 heterocycles. The standard InChI is InChI=1S/C20H25N5O2/c1-14-21-20(27-22-14)18-13-25(11-10-23(18)2)19(26)9-8-15-12-24(3)17-7-5-4-6-16(15)17/h4-7,12,18H,8-11,13H2,1-3H3. The van der Waals surface area contributed by atoms with Gasteiger partial charge in [0.05, 0.1) is 0 Å². The summed E-state index contributed by atoms with van der Waals surface area (Å²) in [7, 11) is 4.08. The number of carbonyl (C=O) groups excluding carboxylic acids is 1. The van der Waals surface area contributed by atoms with E-state index < -0.39 is 0 Å². The Balaban J connectivity index is 1.43. The number of fused-ring (bicyclic) bond motifs is 1. The minimum absolute atomic E-state index is 0.0403. The lowest BCUT2D eigenvalue weighted by Gasteiger charge is -2.37. The topological polar surface area (TPSA) is 67.4 Å². The van der Waals surface area contributed by atoms with Crippen LogP contribution in [0, 0.1) is 6.92 Å². The number of hydrogen-bond donors (Lipinski definition) is 0. The molecule has 0 bridgehead atoms. The molecule has 4 rings (SSSR count). The smallest absolute Gasteiger partial charge is 0.245 e. The molecule has 0 aliphatic carbocycles. The van der Waals surface area contributed by atoms with Crippen molar-refractivity contribution in [2.45, 2.75) is 25.8 Å². The fourth-order valence-electron chi connectivity index (χ4n) is 3.84. The molecule has 1 fully saturated rings. The molecular weight excluding hydrogens is 342 g/mol. The van der Waals surface area contributed by atoms with Crippen LogP contribution in [-0.2, 0) is 18.3 Å². The molecule has 0 N–H and O–H groups in total. The zero-order valence-corrected chi connectivity index (χ0v) is 16.1. The molecule has 142 valence electrons. The molecule has 3 aromatic rings. The lowest BCUT2D eigenvalue weighted by Crippen LogP contribution is -2.49. The van der Waals surface area contributed by atoms with Gasteiger partial charge in [0.25, 0.3) is 0 Å². The number of nitrogens with zero attached hydrogens (tertiary/aromatic N) is 5. The Labute approximate surface area is 158 Å².